The average Bonchev–Trinajstić information content (AvgIpc) is 3.73. The van der Waals surface area contributed by atoms with E-state index in [4.69, 9.17) is 4.74 Å². The summed E-state index contributed by atoms with van der Waals surface area (Å²) in [4.78, 5) is 21.4. The van der Waals surface area contributed by atoms with Gasteiger partial charge >= 0.3 is 0 Å². The molecule has 0 radical (unpaired) electrons. The number of aromatic nitrogens is 2. The lowest BCUT2D eigenvalue weighted by Crippen LogP contribution is -2.25. The number of nitrogens with zero attached hydrogens (tertiary/aromatic N) is 2. The van der Waals surface area contributed by atoms with Crippen LogP contribution in [0.5, 0.6) is 5.88 Å². The molecule has 3 aromatic rings. The van der Waals surface area contributed by atoms with E-state index in [1.165, 1.54) is 6.20 Å². The summed E-state index contributed by atoms with van der Waals surface area (Å²) < 4.78 is 76.8. The van der Waals surface area contributed by atoms with Crippen molar-refractivity contribution < 1.29 is 31.5 Å². The second-order valence-electron chi connectivity index (χ2n) is 10.0. The van der Waals surface area contributed by atoms with E-state index in [2.05, 4.69) is 15.3 Å². The lowest BCUT2D eigenvalue weighted by Gasteiger charge is -2.30. The van der Waals surface area contributed by atoms with Crippen molar-refractivity contribution in [1.29, 1.82) is 0 Å². The highest BCUT2D eigenvalue weighted by atomic mass is 19.3. The van der Waals surface area contributed by atoms with Crippen molar-refractivity contribution in [3.05, 3.63) is 71.3 Å². The Morgan fingerprint density at radius 3 is 2.45 bits per heavy atom. The normalized spacial score (nSPS) is 18.2. The molecule has 200 valence electrons. The van der Waals surface area contributed by atoms with Crippen molar-refractivity contribution in [2.24, 2.45) is 5.92 Å². The van der Waals surface area contributed by atoms with Crippen LogP contribution in [0.3, 0.4) is 0 Å². The monoisotopic (exact) mass is 531 g/mol. The molecule has 38 heavy (non-hydrogen) atoms. The first-order chi connectivity index (χ1) is 18.1. The van der Waals surface area contributed by atoms with E-state index in [1.807, 2.05) is 6.92 Å². The van der Waals surface area contributed by atoms with Crippen LogP contribution in [0, 0.1) is 23.4 Å². The number of halogens is 5. The van der Waals surface area contributed by atoms with Gasteiger partial charge in [-0.1, -0.05) is 0 Å². The lowest BCUT2D eigenvalue weighted by atomic mass is 9.81. The molecule has 1 amide bonds. The number of pyridine rings is 2. The summed E-state index contributed by atoms with van der Waals surface area (Å²) in [5.74, 6) is -6.11. The molecule has 2 aliphatic carbocycles. The number of hydrogen-bond donors (Lipinski definition) is 1. The number of anilines is 1. The SMILES string of the molecule is CC(Oc1ncc(C(=O)Nc2c(C3CCC(F)(F)CC3)ccnc2-c2cc(F)ccc2F)cc1F)C1CC1. The number of amides is 1. The first-order valence-electron chi connectivity index (χ1n) is 12.6. The number of carbonyl (C=O) groups excluding carboxylic acids is 1. The van der Waals surface area contributed by atoms with E-state index in [-0.39, 0.29) is 66.1 Å². The Kier molecular flexibility index (Phi) is 7.07. The minimum absolute atomic E-state index is 0.0558. The Labute approximate surface area is 216 Å². The van der Waals surface area contributed by atoms with Gasteiger partial charge in [-0.3, -0.25) is 9.78 Å². The fraction of sp³-hybridized carbons (Fsp3) is 0.393. The van der Waals surface area contributed by atoms with Crippen LogP contribution in [0.1, 0.15) is 67.3 Å². The smallest absolute Gasteiger partial charge is 0.257 e. The number of rotatable bonds is 7. The summed E-state index contributed by atoms with van der Waals surface area (Å²) in [6.07, 6.45) is 3.91. The maximum absolute atomic E-state index is 14.7. The van der Waals surface area contributed by atoms with Crippen molar-refractivity contribution in [1.82, 2.24) is 9.97 Å². The highest BCUT2D eigenvalue weighted by Crippen LogP contribution is 2.45. The van der Waals surface area contributed by atoms with Crippen LogP contribution in [0.2, 0.25) is 0 Å². The molecule has 1 aromatic carbocycles. The second-order valence-corrected chi connectivity index (χ2v) is 10.0. The maximum Gasteiger partial charge on any atom is 0.257 e. The van der Waals surface area contributed by atoms with Crippen LogP contribution >= 0.6 is 0 Å². The molecule has 0 bridgehead atoms. The number of nitrogens with one attached hydrogen (secondary N) is 1. The molecular formula is C28H26F5N3O2. The fourth-order valence-corrected chi connectivity index (χ4v) is 4.84. The van der Waals surface area contributed by atoms with E-state index in [1.54, 1.807) is 6.07 Å². The molecule has 2 saturated carbocycles. The Morgan fingerprint density at radius 2 is 1.76 bits per heavy atom. The maximum atomic E-state index is 14.7. The van der Waals surface area contributed by atoms with Gasteiger partial charge in [-0.2, -0.15) is 0 Å². The summed E-state index contributed by atoms with van der Waals surface area (Å²) in [7, 11) is 0. The number of hydrogen-bond acceptors (Lipinski definition) is 4. The summed E-state index contributed by atoms with van der Waals surface area (Å²) in [5.41, 5.74) is 0.126. The van der Waals surface area contributed by atoms with Gasteiger partial charge in [-0.25, -0.2) is 26.9 Å². The van der Waals surface area contributed by atoms with Crippen LogP contribution in [0.15, 0.2) is 42.7 Å². The van der Waals surface area contributed by atoms with Crippen LogP contribution in [0.25, 0.3) is 11.3 Å². The molecule has 0 aliphatic heterocycles. The average molecular weight is 532 g/mol. The van der Waals surface area contributed by atoms with Gasteiger partial charge < -0.3 is 10.1 Å². The Balaban J connectivity index is 1.48. The van der Waals surface area contributed by atoms with Gasteiger partial charge in [-0.15, -0.1) is 0 Å². The van der Waals surface area contributed by atoms with Crippen LogP contribution in [0.4, 0.5) is 27.6 Å². The molecule has 0 saturated heterocycles. The molecule has 5 rings (SSSR count). The zero-order valence-electron chi connectivity index (χ0n) is 20.6. The number of ether oxygens (including phenoxy) is 1. The van der Waals surface area contributed by atoms with Gasteiger partial charge in [0.2, 0.25) is 5.92 Å². The third-order valence-corrected chi connectivity index (χ3v) is 7.22. The van der Waals surface area contributed by atoms with Gasteiger partial charge in [0.1, 0.15) is 17.7 Å². The van der Waals surface area contributed by atoms with Gasteiger partial charge in [0.15, 0.2) is 5.82 Å². The molecule has 1 unspecified atom stereocenters. The minimum atomic E-state index is -2.78. The first kappa shape index (κ1) is 26.1. The van der Waals surface area contributed by atoms with Crippen LogP contribution < -0.4 is 10.1 Å². The van der Waals surface area contributed by atoms with Crippen molar-refractivity contribution in [2.75, 3.05) is 5.32 Å². The van der Waals surface area contributed by atoms with E-state index >= 15 is 0 Å². The van der Waals surface area contributed by atoms with Crippen molar-refractivity contribution >= 4 is 11.6 Å². The van der Waals surface area contributed by atoms with E-state index < -0.39 is 29.3 Å². The quantitative estimate of drug-likeness (QED) is 0.326. The van der Waals surface area contributed by atoms with Crippen LogP contribution in [-0.4, -0.2) is 27.9 Å². The third-order valence-electron chi connectivity index (χ3n) is 7.22. The molecular weight excluding hydrogens is 505 g/mol. The predicted molar refractivity (Wildman–Crippen MR) is 131 cm³/mol. The third kappa shape index (κ3) is 5.63. The predicted octanol–water partition coefficient (Wildman–Crippen LogP) is 7.28. The summed E-state index contributed by atoms with van der Waals surface area (Å²) in [6, 6.07) is 5.38. The Hall–Kier alpha value is -3.56. The zero-order valence-corrected chi connectivity index (χ0v) is 20.6. The molecule has 2 heterocycles. The van der Waals surface area contributed by atoms with Crippen LogP contribution in [-0.2, 0) is 0 Å². The minimum Gasteiger partial charge on any atom is -0.472 e. The van der Waals surface area contributed by atoms with Gasteiger partial charge in [0, 0.05) is 30.8 Å². The molecule has 1 atom stereocenters. The number of carbonyl (C=O) groups is 1. The first-order valence-corrected chi connectivity index (χ1v) is 12.6. The van der Waals surface area contributed by atoms with Gasteiger partial charge in [0.05, 0.1) is 16.9 Å². The molecule has 2 aromatic heterocycles. The molecule has 10 heteroatoms. The summed E-state index contributed by atoms with van der Waals surface area (Å²) in [5, 5.41) is 2.65. The molecule has 5 nitrogen and oxygen atoms in total. The Bertz CT molecular complexity index is 1350. The molecule has 1 N–H and O–H groups in total. The zero-order chi connectivity index (χ0) is 27.0. The van der Waals surface area contributed by atoms with Gasteiger partial charge in [0.25, 0.3) is 11.8 Å². The van der Waals surface area contributed by atoms with E-state index in [0.717, 1.165) is 43.3 Å². The fourth-order valence-electron chi connectivity index (χ4n) is 4.84. The van der Waals surface area contributed by atoms with Crippen molar-refractivity contribution in [2.45, 2.75) is 63.4 Å². The van der Waals surface area contributed by atoms with Crippen molar-refractivity contribution in [3.63, 3.8) is 0 Å². The van der Waals surface area contributed by atoms with E-state index in [9.17, 15) is 26.7 Å². The second kappa shape index (κ2) is 10.3. The van der Waals surface area contributed by atoms with E-state index in [0.29, 0.717) is 11.5 Å². The molecule has 2 fully saturated rings. The lowest BCUT2D eigenvalue weighted by molar-refractivity contribution is -0.0381. The largest absolute Gasteiger partial charge is 0.472 e. The highest BCUT2D eigenvalue weighted by molar-refractivity contribution is 6.06. The highest BCUT2D eigenvalue weighted by Gasteiger charge is 2.37. The summed E-state index contributed by atoms with van der Waals surface area (Å²) >= 11 is 0. The topological polar surface area (TPSA) is 64.1 Å². The number of benzene rings is 1. The standard InChI is InChI=1S/C28H26F5N3O2/c1-15(16-2-3-16)38-27-23(31)12-18(14-35-27)26(37)36-25-20(17-6-9-28(32,33)10-7-17)8-11-34-24(25)21-13-19(29)4-5-22(21)30/h4-5,8,11-17H,2-3,6-7,9-10H2,1H3,(H,36,37). The molecule has 0 spiro atoms. The number of alkyl halides is 2. The van der Waals surface area contributed by atoms with Crippen molar-refractivity contribution in [3.8, 4) is 17.1 Å². The van der Waals surface area contributed by atoms with Gasteiger partial charge in [-0.05, 0) is 80.3 Å². The summed E-state index contributed by atoms with van der Waals surface area (Å²) in [6.45, 7) is 1.83. The molecule has 2 aliphatic rings. The Morgan fingerprint density at radius 1 is 1.03 bits per heavy atom.